The Morgan fingerprint density at radius 1 is 0.806 bits per heavy atom. The van der Waals surface area contributed by atoms with Crippen LogP contribution >= 0.6 is 0 Å². The average molecular weight is 436 g/mol. The minimum absolute atomic E-state index is 0.0360. The fourth-order valence-electron chi connectivity index (χ4n) is 3.73. The van der Waals surface area contributed by atoms with Gasteiger partial charge in [0.05, 0.1) is 12.7 Å². The molecule has 4 rings (SSSR count). The Kier molecular flexibility index (Phi) is 5.43. The van der Waals surface area contributed by atoms with Gasteiger partial charge in [-0.1, -0.05) is 24.3 Å². The zero-order valence-corrected chi connectivity index (χ0v) is 16.4. The van der Waals surface area contributed by atoms with Gasteiger partial charge in [-0.2, -0.15) is 0 Å². The molecule has 0 atom stereocenters. The Balaban J connectivity index is 1.58. The summed E-state index contributed by atoms with van der Waals surface area (Å²) in [5, 5.41) is 1.73. The van der Waals surface area contributed by atoms with E-state index in [0.717, 1.165) is 15.7 Å². The van der Waals surface area contributed by atoms with Gasteiger partial charge in [0.1, 0.15) is 11.4 Å². The number of methoxy groups -OCH3 is 1. The molecule has 0 bridgehead atoms. The maximum Gasteiger partial charge on any atom is 0.257 e. The first kappa shape index (κ1) is 20.9. The summed E-state index contributed by atoms with van der Waals surface area (Å²) >= 11 is 0. The van der Waals surface area contributed by atoms with Crippen molar-refractivity contribution in [2.24, 2.45) is 0 Å². The first-order valence-corrected chi connectivity index (χ1v) is 9.46. The highest BCUT2D eigenvalue weighted by Crippen LogP contribution is 2.32. The summed E-state index contributed by atoms with van der Waals surface area (Å²) in [6, 6.07) is 10.9. The van der Waals surface area contributed by atoms with Crippen molar-refractivity contribution in [2.75, 3.05) is 38.2 Å². The zero-order valence-electron chi connectivity index (χ0n) is 16.4. The first-order valence-electron chi connectivity index (χ1n) is 9.46. The Morgan fingerprint density at radius 3 is 1.87 bits per heavy atom. The second kappa shape index (κ2) is 8.05. The number of hydrogen-bond acceptors (Lipinski definition) is 3. The molecule has 9 heteroatoms. The molecule has 162 valence electrons. The normalized spacial score (nSPS) is 14.3. The van der Waals surface area contributed by atoms with Gasteiger partial charge in [0.15, 0.2) is 23.3 Å². The molecule has 0 N–H and O–H groups in total. The summed E-state index contributed by atoms with van der Waals surface area (Å²) in [6.07, 6.45) is 0. The molecule has 1 heterocycles. The van der Waals surface area contributed by atoms with Crippen molar-refractivity contribution in [3.63, 3.8) is 0 Å². The van der Waals surface area contributed by atoms with Crippen molar-refractivity contribution in [2.45, 2.75) is 0 Å². The number of ether oxygens (including phenoxy) is 1. The Bertz CT molecular complexity index is 1150. The van der Waals surface area contributed by atoms with Crippen LogP contribution in [0.4, 0.5) is 27.6 Å². The zero-order chi connectivity index (χ0) is 22.3. The number of rotatable bonds is 3. The topological polar surface area (TPSA) is 32.8 Å². The molecule has 4 nitrogen and oxygen atoms in total. The number of hydrogen-bond donors (Lipinski definition) is 0. The molecule has 3 aromatic rings. The highest BCUT2D eigenvalue weighted by atomic mass is 19.2. The molecule has 0 radical (unpaired) electrons. The van der Waals surface area contributed by atoms with Crippen LogP contribution in [0.2, 0.25) is 0 Å². The number of carbonyl (C=O) groups is 1. The summed E-state index contributed by atoms with van der Waals surface area (Å²) in [5.41, 5.74) is -0.655. The highest BCUT2D eigenvalue weighted by Gasteiger charge is 2.32. The monoisotopic (exact) mass is 436 g/mol. The van der Waals surface area contributed by atoms with Gasteiger partial charge in [-0.15, -0.1) is 0 Å². The van der Waals surface area contributed by atoms with E-state index in [-0.39, 0.29) is 32.1 Å². The van der Waals surface area contributed by atoms with Crippen molar-refractivity contribution in [3.8, 4) is 5.75 Å². The third-order valence-corrected chi connectivity index (χ3v) is 5.37. The lowest BCUT2D eigenvalue weighted by Gasteiger charge is -2.36. The van der Waals surface area contributed by atoms with Crippen molar-refractivity contribution in [1.29, 1.82) is 0 Å². The Hall–Kier alpha value is -3.36. The van der Waals surface area contributed by atoms with Crippen LogP contribution in [0.3, 0.4) is 0 Å². The third kappa shape index (κ3) is 3.54. The van der Waals surface area contributed by atoms with E-state index in [1.165, 1.54) is 12.0 Å². The van der Waals surface area contributed by atoms with Gasteiger partial charge in [-0.3, -0.25) is 4.79 Å². The number of carbonyl (C=O) groups excluding carboxylic acids is 1. The van der Waals surface area contributed by atoms with Gasteiger partial charge in [0.2, 0.25) is 5.82 Å². The van der Waals surface area contributed by atoms with Crippen molar-refractivity contribution < 1.29 is 31.5 Å². The van der Waals surface area contributed by atoms with Crippen molar-refractivity contribution in [3.05, 3.63) is 71.0 Å². The van der Waals surface area contributed by atoms with E-state index >= 15 is 0 Å². The molecule has 0 saturated carbocycles. The van der Waals surface area contributed by atoms with Crippen LogP contribution in [0.15, 0.2) is 36.4 Å². The van der Waals surface area contributed by atoms with Crippen LogP contribution in [0.5, 0.6) is 5.75 Å². The van der Waals surface area contributed by atoms with Crippen LogP contribution in [0.1, 0.15) is 10.4 Å². The van der Waals surface area contributed by atoms with Crippen LogP contribution in [-0.4, -0.2) is 44.1 Å². The van der Waals surface area contributed by atoms with Crippen LogP contribution in [0, 0.1) is 29.1 Å². The third-order valence-electron chi connectivity index (χ3n) is 5.37. The smallest absolute Gasteiger partial charge is 0.257 e. The molecule has 1 fully saturated rings. The first-order chi connectivity index (χ1) is 14.8. The lowest BCUT2D eigenvalue weighted by Crippen LogP contribution is -2.49. The van der Waals surface area contributed by atoms with Crippen molar-refractivity contribution >= 4 is 22.4 Å². The summed E-state index contributed by atoms with van der Waals surface area (Å²) < 4.78 is 73.9. The standard InChI is InChI=1S/C22H17F5N2O2/c1-31-15-11-13-5-3-2-4-12(13)10-14(15)22(30)29-8-6-28(7-9-29)21-19(26)17(24)16(23)18(25)20(21)27/h2-5,10-11H,6-9H2,1H3. The van der Waals surface area contributed by atoms with Gasteiger partial charge < -0.3 is 14.5 Å². The summed E-state index contributed by atoms with van der Waals surface area (Å²) in [7, 11) is 1.45. The number of fused-ring (bicyclic) bond motifs is 1. The Morgan fingerprint density at radius 2 is 1.32 bits per heavy atom. The summed E-state index contributed by atoms with van der Waals surface area (Å²) in [6.45, 7) is -0.122. The average Bonchev–Trinajstić information content (AvgIpc) is 2.80. The fraction of sp³-hybridized carbons (Fsp3) is 0.227. The van der Waals surface area contributed by atoms with E-state index in [0.29, 0.717) is 11.3 Å². The number of anilines is 1. The van der Waals surface area contributed by atoms with Gasteiger partial charge in [0, 0.05) is 26.2 Å². The number of amides is 1. The van der Waals surface area contributed by atoms with Crippen molar-refractivity contribution in [1.82, 2.24) is 4.90 Å². The number of piperazine rings is 1. The van der Waals surface area contributed by atoms with E-state index in [2.05, 4.69) is 0 Å². The number of halogens is 5. The second-order valence-corrected chi connectivity index (χ2v) is 7.10. The maximum absolute atomic E-state index is 14.1. The Labute approximate surface area is 174 Å². The van der Waals surface area contributed by atoms with Crippen LogP contribution < -0.4 is 9.64 Å². The molecule has 31 heavy (non-hydrogen) atoms. The lowest BCUT2D eigenvalue weighted by atomic mass is 10.0. The van der Waals surface area contributed by atoms with Gasteiger partial charge in [-0.05, 0) is 22.9 Å². The van der Waals surface area contributed by atoms with E-state index < -0.39 is 34.8 Å². The number of benzene rings is 3. The predicted molar refractivity (Wildman–Crippen MR) is 105 cm³/mol. The number of nitrogens with zero attached hydrogens (tertiary/aromatic N) is 2. The molecule has 1 aliphatic heterocycles. The molecule has 1 aliphatic rings. The second-order valence-electron chi connectivity index (χ2n) is 7.10. The van der Waals surface area contributed by atoms with Gasteiger partial charge in [0.25, 0.3) is 5.91 Å². The molecular formula is C22H17F5N2O2. The van der Waals surface area contributed by atoms with E-state index in [1.807, 2.05) is 24.3 Å². The minimum atomic E-state index is -2.20. The van der Waals surface area contributed by atoms with Gasteiger partial charge in [-0.25, -0.2) is 22.0 Å². The summed E-state index contributed by atoms with van der Waals surface area (Å²) in [5.74, 6) is -9.91. The predicted octanol–water partition coefficient (Wildman–Crippen LogP) is 4.51. The van der Waals surface area contributed by atoms with E-state index in [9.17, 15) is 26.7 Å². The van der Waals surface area contributed by atoms with Crippen LogP contribution in [0.25, 0.3) is 10.8 Å². The van der Waals surface area contributed by atoms with Crippen LogP contribution in [-0.2, 0) is 0 Å². The van der Waals surface area contributed by atoms with Gasteiger partial charge >= 0.3 is 0 Å². The highest BCUT2D eigenvalue weighted by molar-refractivity contribution is 6.01. The molecule has 0 aliphatic carbocycles. The SMILES string of the molecule is COc1cc2ccccc2cc1C(=O)N1CCN(c2c(F)c(F)c(F)c(F)c2F)CC1. The van der Waals surface area contributed by atoms with E-state index in [1.54, 1.807) is 12.1 Å². The maximum atomic E-state index is 14.1. The molecule has 0 spiro atoms. The fourth-order valence-corrected chi connectivity index (χ4v) is 3.73. The quantitative estimate of drug-likeness (QED) is 0.344. The molecule has 1 amide bonds. The molecule has 0 unspecified atom stereocenters. The lowest BCUT2D eigenvalue weighted by molar-refractivity contribution is 0.0743. The molecule has 3 aromatic carbocycles. The van der Waals surface area contributed by atoms with E-state index in [4.69, 9.17) is 4.74 Å². The molecule has 0 aromatic heterocycles. The molecular weight excluding hydrogens is 419 g/mol. The summed E-state index contributed by atoms with van der Waals surface area (Å²) in [4.78, 5) is 15.6. The largest absolute Gasteiger partial charge is 0.496 e. The molecule has 1 saturated heterocycles. The minimum Gasteiger partial charge on any atom is -0.496 e.